The second-order valence-electron chi connectivity index (χ2n) is 11.6. The molecule has 1 aromatic carbocycles. The van der Waals surface area contributed by atoms with Crippen molar-refractivity contribution in [3.05, 3.63) is 51.9 Å². The van der Waals surface area contributed by atoms with Gasteiger partial charge in [0.15, 0.2) is 0 Å². The topological polar surface area (TPSA) is 73.6 Å². The lowest BCUT2D eigenvalue weighted by atomic mass is 9.52. The van der Waals surface area contributed by atoms with E-state index in [0.29, 0.717) is 30.6 Å². The van der Waals surface area contributed by atoms with Gasteiger partial charge in [-0.2, -0.15) is 5.26 Å². The second kappa shape index (κ2) is 10.9. The Morgan fingerprint density at radius 2 is 2.16 bits per heavy atom. The number of ether oxygens (including phenoxy) is 1. The largest absolute Gasteiger partial charge is 0.497 e. The number of methoxy groups -OCH3 is 1. The average molecular weight is 523 g/mol. The predicted molar refractivity (Wildman–Crippen MR) is 150 cm³/mol. The van der Waals surface area contributed by atoms with Gasteiger partial charge in [0.05, 0.1) is 30.2 Å². The van der Waals surface area contributed by atoms with Crippen molar-refractivity contribution in [2.24, 2.45) is 23.2 Å². The summed E-state index contributed by atoms with van der Waals surface area (Å²) in [5.74, 6) is 2.39. The third-order valence-corrected chi connectivity index (χ3v) is 11.0. The van der Waals surface area contributed by atoms with Crippen molar-refractivity contribution in [1.29, 1.82) is 5.26 Å². The molecule has 0 radical (unpaired) electrons. The smallest absolute Gasteiger partial charge is 0.227 e. The van der Waals surface area contributed by atoms with Gasteiger partial charge in [0, 0.05) is 18.9 Å². The van der Waals surface area contributed by atoms with Crippen LogP contribution < -0.4 is 4.74 Å². The van der Waals surface area contributed by atoms with E-state index in [4.69, 9.17) is 4.74 Å². The fourth-order valence-corrected chi connectivity index (χ4v) is 8.49. The van der Waals surface area contributed by atoms with Crippen LogP contribution in [0.25, 0.3) is 0 Å². The summed E-state index contributed by atoms with van der Waals surface area (Å²) in [4.78, 5) is 15.9. The normalized spacial score (nSPS) is 32.5. The number of allylic oxidation sites excluding steroid dienone is 2. The van der Waals surface area contributed by atoms with Crippen LogP contribution in [-0.4, -0.2) is 35.7 Å². The molecular formula is C31H42N2O3S. The molecule has 3 aliphatic carbocycles. The summed E-state index contributed by atoms with van der Waals surface area (Å²) >= 11 is 1.52. The van der Waals surface area contributed by atoms with Crippen LogP contribution in [0.15, 0.2) is 40.8 Å². The molecule has 0 aromatic heterocycles. The molecule has 0 heterocycles. The van der Waals surface area contributed by atoms with Crippen LogP contribution in [0.4, 0.5) is 0 Å². The molecule has 0 bridgehead atoms. The first-order valence-corrected chi connectivity index (χ1v) is 14.4. The van der Waals surface area contributed by atoms with Crippen molar-refractivity contribution in [1.82, 2.24) is 4.90 Å². The summed E-state index contributed by atoms with van der Waals surface area (Å²) < 4.78 is 5.48. The van der Waals surface area contributed by atoms with E-state index in [-0.39, 0.29) is 23.7 Å². The number of nitriles is 1. The summed E-state index contributed by atoms with van der Waals surface area (Å²) in [6.07, 6.45) is 7.95. The molecule has 0 spiro atoms. The summed E-state index contributed by atoms with van der Waals surface area (Å²) in [6.45, 7) is 10.3. The lowest BCUT2D eigenvalue weighted by Crippen LogP contribution is -2.51. The van der Waals surface area contributed by atoms with E-state index in [1.165, 1.54) is 22.9 Å². The maximum atomic E-state index is 13.2. The van der Waals surface area contributed by atoms with Crippen LogP contribution in [0.3, 0.4) is 0 Å². The van der Waals surface area contributed by atoms with Crippen LogP contribution in [0.5, 0.6) is 5.75 Å². The van der Waals surface area contributed by atoms with Crippen molar-refractivity contribution in [3.63, 3.8) is 0 Å². The van der Waals surface area contributed by atoms with Gasteiger partial charge in [-0.05, 0) is 104 Å². The van der Waals surface area contributed by atoms with Gasteiger partial charge in [0.25, 0.3) is 0 Å². The van der Waals surface area contributed by atoms with Gasteiger partial charge in [-0.15, -0.1) is 0 Å². The lowest BCUT2D eigenvalue weighted by molar-refractivity contribution is -0.128. The van der Waals surface area contributed by atoms with Crippen LogP contribution in [0.1, 0.15) is 82.8 Å². The monoisotopic (exact) mass is 522 g/mol. The highest BCUT2D eigenvalue weighted by Gasteiger charge is 2.64. The van der Waals surface area contributed by atoms with Crippen molar-refractivity contribution >= 4 is 17.7 Å². The Kier molecular flexibility index (Phi) is 8.16. The predicted octanol–water partition coefficient (Wildman–Crippen LogP) is 6.79. The zero-order chi connectivity index (χ0) is 27.0. The minimum atomic E-state index is -1.00. The molecular weight excluding hydrogens is 480 g/mol. The fraction of sp³-hybridized carbons (Fsp3) is 0.613. The van der Waals surface area contributed by atoms with Gasteiger partial charge < -0.3 is 14.7 Å². The highest BCUT2D eigenvalue weighted by molar-refractivity contribution is 8.06. The summed E-state index contributed by atoms with van der Waals surface area (Å²) in [5, 5.41) is 22.3. The lowest BCUT2D eigenvalue weighted by Gasteiger charge is -2.53. The Morgan fingerprint density at radius 3 is 2.84 bits per heavy atom. The average Bonchev–Trinajstić information content (AvgIpc) is 3.12. The number of nitrogens with zero attached hydrogens (tertiary/aromatic N) is 2. The quantitative estimate of drug-likeness (QED) is 0.407. The molecule has 6 heteroatoms. The maximum absolute atomic E-state index is 13.2. The standard InChI is InChI=1S/C31H42N2O3S/c1-7-20(2)37-21(3)33(5)28(34)13-9-23-19-31(35,16-17-32)30(4)15-14-26-25-12-10-24(36-6)18-22(25)8-11-27(26)29(23)30/h7,10,12,18,23,26-27,29,35H,3,8-9,11,13-16,19H2,1-2,4-6H3/b20-7-/t23?,26?,27?,29?,30?,31-/m0/s1. The molecule has 5 unspecified atom stereocenters. The maximum Gasteiger partial charge on any atom is 0.227 e. The molecule has 6 atom stereocenters. The first-order chi connectivity index (χ1) is 17.6. The van der Waals surface area contributed by atoms with Crippen molar-refractivity contribution in [3.8, 4) is 11.8 Å². The van der Waals surface area contributed by atoms with Gasteiger partial charge in [-0.25, -0.2) is 0 Å². The summed E-state index contributed by atoms with van der Waals surface area (Å²) in [5.41, 5.74) is 1.50. The molecule has 1 N–H and O–H groups in total. The van der Waals surface area contributed by atoms with Crippen LogP contribution in [0.2, 0.25) is 0 Å². The number of fused-ring (bicyclic) bond motifs is 5. The van der Waals surface area contributed by atoms with Gasteiger partial charge in [0.2, 0.25) is 5.91 Å². The number of hydrogen-bond acceptors (Lipinski definition) is 5. The number of thioether (sulfide) groups is 1. The number of carbonyl (C=O) groups is 1. The molecule has 0 saturated heterocycles. The van der Waals surface area contributed by atoms with Crippen LogP contribution in [-0.2, 0) is 11.2 Å². The third-order valence-electron chi connectivity index (χ3n) is 9.89. The number of amides is 1. The molecule has 2 saturated carbocycles. The Balaban J connectivity index is 1.57. The molecule has 200 valence electrons. The van der Waals surface area contributed by atoms with Crippen molar-refractivity contribution < 1.29 is 14.6 Å². The molecule has 5 nitrogen and oxygen atoms in total. The molecule has 2 fully saturated rings. The Labute approximate surface area is 227 Å². The van der Waals surface area contributed by atoms with Gasteiger partial charge in [-0.3, -0.25) is 4.79 Å². The van der Waals surface area contributed by atoms with Gasteiger partial charge in [0.1, 0.15) is 5.75 Å². The van der Waals surface area contributed by atoms with E-state index in [1.807, 2.05) is 19.9 Å². The molecule has 0 aliphatic heterocycles. The van der Waals surface area contributed by atoms with E-state index < -0.39 is 5.60 Å². The number of benzene rings is 1. The summed E-state index contributed by atoms with van der Waals surface area (Å²) in [7, 11) is 3.52. The van der Waals surface area contributed by atoms with Gasteiger partial charge in [-0.1, -0.05) is 37.4 Å². The first kappa shape index (κ1) is 27.8. The molecule has 37 heavy (non-hydrogen) atoms. The highest BCUT2D eigenvalue weighted by Crippen LogP contribution is 2.67. The number of aryl methyl sites for hydroxylation is 1. The number of carbonyl (C=O) groups excluding carboxylic acids is 1. The Morgan fingerprint density at radius 1 is 1.41 bits per heavy atom. The third kappa shape index (κ3) is 4.98. The Hall–Kier alpha value is -2.23. The van der Waals surface area contributed by atoms with E-state index in [0.717, 1.165) is 47.8 Å². The molecule has 1 amide bonds. The number of hydrogen-bond donors (Lipinski definition) is 1. The van der Waals surface area contributed by atoms with Crippen LogP contribution in [0, 0.1) is 34.5 Å². The van der Waals surface area contributed by atoms with E-state index >= 15 is 0 Å². The molecule has 1 aromatic rings. The van der Waals surface area contributed by atoms with Gasteiger partial charge >= 0.3 is 0 Å². The second-order valence-corrected chi connectivity index (χ2v) is 12.9. The fourth-order valence-electron chi connectivity index (χ4n) is 7.76. The summed E-state index contributed by atoms with van der Waals surface area (Å²) in [6, 6.07) is 8.79. The zero-order valence-corrected chi connectivity index (χ0v) is 23.9. The minimum Gasteiger partial charge on any atom is -0.497 e. The van der Waals surface area contributed by atoms with Crippen molar-refractivity contribution in [2.75, 3.05) is 14.2 Å². The highest BCUT2D eigenvalue weighted by atomic mass is 32.2. The SMILES string of the molecule is C=C(S/C(C)=C\C)N(C)C(=O)CCC1C[C@@](O)(CC#N)C2(C)CCC3c4ccc(OC)cc4CCC3C12. The zero-order valence-electron chi connectivity index (χ0n) is 23.0. The van der Waals surface area contributed by atoms with Crippen LogP contribution >= 0.6 is 11.8 Å². The minimum absolute atomic E-state index is 0.0623. The van der Waals surface area contributed by atoms with E-state index in [2.05, 4.69) is 37.8 Å². The first-order valence-electron chi connectivity index (χ1n) is 13.6. The molecule has 4 rings (SSSR count). The number of aliphatic hydroxyl groups is 1. The molecule has 3 aliphatic rings. The Bertz CT molecular complexity index is 1120. The number of rotatable bonds is 8. The van der Waals surface area contributed by atoms with Crippen molar-refractivity contribution in [2.45, 2.75) is 83.7 Å². The van der Waals surface area contributed by atoms with E-state index in [1.54, 1.807) is 19.1 Å². The van der Waals surface area contributed by atoms with E-state index in [9.17, 15) is 15.2 Å².